The van der Waals surface area contributed by atoms with Crippen LogP contribution in [0.25, 0.3) is 0 Å². The van der Waals surface area contributed by atoms with Gasteiger partial charge in [0, 0.05) is 19.3 Å². The van der Waals surface area contributed by atoms with Crippen molar-refractivity contribution in [2.24, 2.45) is 0 Å². The number of halogens is 1. The molecule has 0 aliphatic carbocycles. The molecule has 1 aromatic carbocycles. The average Bonchev–Trinajstić information content (AvgIpc) is 2.42. The van der Waals surface area contributed by atoms with Crippen LogP contribution in [0.3, 0.4) is 0 Å². The standard InChI is InChI=1S/C15H17ClN2O/c1-12-5-4-8-18-14(12)11-17-9-10-19-15-7-3-2-6-13(15)16/h2-8,17H,9-11H2,1H3. The third-order valence-corrected chi connectivity index (χ3v) is 3.10. The molecule has 0 saturated carbocycles. The second kappa shape index (κ2) is 7.12. The number of hydrogen-bond acceptors (Lipinski definition) is 3. The third kappa shape index (κ3) is 4.23. The van der Waals surface area contributed by atoms with Crippen molar-refractivity contribution < 1.29 is 4.74 Å². The van der Waals surface area contributed by atoms with Gasteiger partial charge in [-0.1, -0.05) is 29.8 Å². The minimum atomic E-state index is 0.579. The number of ether oxygens (including phenoxy) is 1. The zero-order valence-corrected chi connectivity index (χ0v) is 11.7. The number of hydrogen-bond donors (Lipinski definition) is 1. The van der Waals surface area contributed by atoms with Crippen LogP contribution in [0.1, 0.15) is 11.3 Å². The normalized spacial score (nSPS) is 10.4. The minimum absolute atomic E-state index is 0.579. The molecule has 0 unspecified atom stereocenters. The second-order valence-corrected chi connectivity index (χ2v) is 4.63. The number of benzene rings is 1. The number of nitrogens with one attached hydrogen (secondary N) is 1. The summed E-state index contributed by atoms with van der Waals surface area (Å²) in [5.41, 5.74) is 2.27. The van der Waals surface area contributed by atoms with Gasteiger partial charge in [0.15, 0.2) is 0 Å². The summed E-state index contributed by atoms with van der Waals surface area (Å²) in [5.74, 6) is 0.722. The fourth-order valence-corrected chi connectivity index (χ4v) is 1.90. The molecule has 4 heteroatoms. The van der Waals surface area contributed by atoms with Gasteiger partial charge >= 0.3 is 0 Å². The van der Waals surface area contributed by atoms with Gasteiger partial charge in [0.1, 0.15) is 12.4 Å². The van der Waals surface area contributed by atoms with Gasteiger partial charge in [-0.15, -0.1) is 0 Å². The van der Waals surface area contributed by atoms with Crippen molar-refractivity contribution >= 4 is 11.6 Å². The Balaban J connectivity index is 1.71. The Hall–Kier alpha value is -1.58. The fourth-order valence-electron chi connectivity index (χ4n) is 1.71. The van der Waals surface area contributed by atoms with E-state index in [1.807, 2.05) is 36.5 Å². The maximum absolute atomic E-state index is 6.00. The molecule has 0 aliphatic rings. The van der Waals surface area contributed by atoms with Crippen molar-refractivity contribution in [3.8, 4) is 5.75 Å². The molecule has 2 aromatic rings. The summed E-state index contributed by atoms with van der Waals surface area (Å²) in [5, 5.41) is 3.94. The molecule has 3 nitrogen and oxygen atoms in total. The van der Waals surface area contributed by atoms with Crippen molar-refractivity contribution in [1.29, 1.82) is 0 Å². The smallest absolute Gasteiger partial charge is 0.137 e. The zero-order chi connectivity index (χ0) is 13.5. The van der Waals surface area contributed by atoms with Crippen LogP contribution in [0.5, 0.6) is 5.75 Å². The zero-order valence-electron chi connectivity index (χ0n) is 10.9. The van der Waals surface area contributed by atoms with E-state index in [9.17, 15) is 0 Å². The highest BCUT2D eigenvalue weighted by Gasteiger charge is 2.00. The number of pyridine rings is 1. The molecule has 19 heavy (non-hydrogen) atoms. The molecule has 1 N–H and O–H groups in total. The summed E-state index contributed by atoms with van der Waals surface area (Å²) in [7, 11) is 0. The molecular formula is C15H17ClN2O. The van der Waals surface area contributed by atoms with E-state index in [1.54, 1.807) is 0 Å². The molecule has 0 bridgehead atoms. The molecule has 1 heterocycles. The van der Waals surface area contributed by atoms with Crippen LogP contribution in [-0.4, -0.2) is 18.1 Å². The molecular weight excluding hydrogens is 260 g/mol. The van der Waals surface area contributed by atoms with Crippen LogP contribution in [0.15, 0.2) is 42.6 Å². The van der Waals surface area contributed by atoms with Gasteiger partial charge in [-0.2, -0.15) is 0 Å². The lowest BCUT2D eigenvalue weighted by atomic mass is 10.2. The van der Waals surface area contributed by atoms with Crippen molar-refractivity contribution in [3.05, 3.63) is 58.9 Å². The lowest BCUT2D eigenvalue weighted by Crippen LogP contribution is -2.21. The predicted molar refractivity (Wildman–Crippen MR) is 77.6 cm³/mol. The molecule has 0 fully saturated rings. The molecule has 0 spiro atoms. The first-order valence-electron chi connectivity index (χ1n) is 6.26. The van der Waals surface area contributed by atoms with Crippen LogP contribution < -0.4 is 10.1 Å². The van der Waals surface area contributed by atoms with Gasteiger partial charge in [-0.3, -0.25) is 4.98 Å². The van der Waals surface area contributed by atoms with Gasteiger partial charge < -0.3 is 10.1 Å². The van der Waals surface area contributed by atoms with E-state index in [4.69, 9.17) is 16.3 Å². The Morgan fingerprint density at radius 1 is 1.21 bits per heavy atom. The quantitative estimate of drug-likeness (QED) is 0.823. The molecule has 0 atom stereocenters. The second-order valence-electron chi connectivity index (χ2n) is 4.22. The topological polar surface area (TPSA) is 34.2 Å². The minimum Gasteiger partial charge on any atom is -0.491 e. The maximum atomic E-state index is 6.00. The van der Waals surface area contributed by atoms with Gasteiger partial charge in [-0.05, 0) is 30.7 Å². The van der Waals surface area contributed by atoms with E-state index in [0.717, 1.165) is 24.5 Å². The molecule has 1 aromatic heterocycles. The van der Waals surface area contributed by atoms with Crippen LogP contribution in [0.2, 0.25) is 5.02 Å². The maximum Gasteiger partial charge on any atom is 0.137 e. The Labute approximate surface area is 118 Å². The molecule has 0 aliphatic heterocycles. The molecule has 0 amide bonds. The monoisotopic (exact) mass is 276 g/mol. The first-order valence-corrected chi connectivity index (χ1v) is 6.63. The van der Waals surface area contributed by atoms with Crippen LogP contribution >= 0.6 is 11.6 Å². The number of rotatable bonds is 6. The van der Waals surface area contributed by atoms with E-state index in [-0.39, 0.29) is 0 Å². The first-order chi connectivity index (χ1) is 9.27. The summed E-state index contributed by atoms with van der Waals surface area (Å²) < 4.78 is 5.59. The third-order valence-electron chi connectivity index (χ3n) is 2.78. The van der Waals surface area contributed by atoms with Crippen molar-refractivity contribution in [2.75, 3.05) is 13.2 Å². The summed E-state index contributed by atoms with van der Waals surface area (Å²) in [6.07, 6.45) is 1.81. The molecule has 100 valence electrons. The van der Waals surface area contributed by atoms with E-state index in [0.29, 0.717) is 11.6 Å². The Morgan fingerprint density at radius 3 is 2.84 bits per heavy atom. The van der Waals surface area contributed by atoms with E-state index in [1.165, 1.54) is 5.56 Å². The highest BCUT2D eigenvalue weighted by Crippen LogP contribution is 2.22. The van der Waals surface area contributed by atoms with Crippen LogP contribution in [0.4, 0.5) is 0 Å². The highest BCUT2D eigenvalue weighted by molar-refractivity contribution is 6.32. The lowest BCUT2D eigenvalue weighted by molar-refractivity contribution is 0.313. The van der Waals surface area contributed by atoms with Gasteiger partial charge in [0.05, 0.1) is 10.7 Å². The number of aromatic nitrogens is 1. The molecule has 2 rings (SSSR count). The largest absolute Gasteiger partial charge is 0.491 e. The Morgan fingerprint density at radius 2 is 2.05 bits per heavy atom. The summed E-state index contributed by atoms with van der Waals surface area (Å²) in [4.78, 5) is 4.32. The van der Waals surface area contributed by atoms with Crippen molar-refractivity contribution in [2.45, 2.75) is 13.5 Å². The molecule has 0 radical (unpaired) electrons. The lowest BCUT2D eigenvalue weighted by Gasteiger charge is -2.09. The van der Waals surface area contributed by atoms with Crippen molar-refractivity contribution in [3.63, 3.8) is 0 Å². The fraction of sp³-hybridized carbons (Fsp3) is 0.267. The number of aryl methyl sites for hydroxylation is 1. The van der Waals surface area contributed by atoms with E-state index >= 15 is 0 Å². The number of nitrogens with zero attached hydrogens (tertiary/aromatic N) is 1. The summed E-state index contributed by atoms with van der Waals surface area (Å²) in [6.45, 7) is 4.14. The van der Waals surface area contributed by atoms with Crippen molar-refractivity contribution in [1.82, 2.24) is 10.3 Å². The van der Waals surface area contributed by atoms with Gasteiger partial charge in [-0.25, -0.2) is 0 Å². The summed E-state index contributed by atoms with van der Waals surface area (Å²) >= 11 is 6.00. The average molecular weight is 277 g/mol. The highest BCUT2D eigenvalue weighted by atomic mass is 35.5. The number of para-hydroxylation sites is 1. The van der Waals surface area contributed by atoms with Gasteiger partial charge in [0.25, 0.3) is 0 Å². The van der Waals surface area contributed by atoms with E-state index < -0.39 is 0 Å². The van der Waals surface area contributed by atoms with E-state index in [2.05, 4.69) is 23.3 Å². The Kier molecular flexibility index (Phi) is 5.19. The van der Waals surface area contributed by atoms with Crippen LogP contribution in [0, 0.1) is 6.92 Å². The first kappa shape index (κ1) is 13.8. The summed E-state index contributed by atoms with van der Waals surface area (Å²) in [6, 6.07) is 11.5. The van der Waals surface area contributed by atoms with Gasteiger partial charge in [0.2, 0.25) is 0 Å². The molecule has 0 saturated heterocycles. The SMILES string of the molecule is Cc1cccnc1CNCCOc1ccccc1Cl. The Bertz CT molecular complexity index is 484. The van der Waals surface area contributed by atoms with Crippen LogP contribution in [-0.2, 0) is 6.54 Å². The predicted octanol–water partition coefficient (Wildman–Crippen LogP) is 3.21.